The van der Waals surface area contributed by atoms with Gasteiger partial charge in [-0.3, -0.25) is 0 Å². The molecule has 1 fully saturated rings. The number of piperidine rings is 1. The molecule has 0 aliphatic carbocycles. The van der Waals surface area contributed by atoms with Crippen LogP contribution in [0.4, 0.5) is 5.69 Å². The van der Waals surface area contributed by atoms with E-state index in [0.29, 0.717) is 29.8 Å². The van der Waals surface area contributed by atoms with Crippen molar-refractivity contribution in [2.45, 2.75) is 19.4 Å². The molecule has 1 aliphatic heterocycles. The summed E-state index contributed by atoms with van der Waals surface area (Å²) in [5.74, 6) is 0.439. The molecule has 25 heavy (non-hydrogen) atoms. The summed E-state index contributed by atoms with van der Waals surface area (Å²) in [5.41, 5.74) is 1.44. The maximum atomic E-state index is 11.8. The highest BCUT2D eigenvalue weighted by atomic mass is 35.5. The molecule has 1 atom stereocenters. The third kappa shape index (κ3) is 3.86. The summed E-state index contributed by atoms with van der Waals surface area (Å²) < 4.78 is 22.7. The Hall–Kier alpha value is -1.89. The summed E-state index contributed by atoms with van der Waals surface area (Å²) in [5, 5.41) is 17.5. The third-order valence-electron chi connectivity index (χ3n) is 4.46. The number of rotatable bonds is 5. The number of pyridine rings is 1. The smallest absolute Gasteiger partial charge is 0.162 e. The molecule has 0 bridgehead atoms. The van der Waals surface area contributed by atoms with Crippen molar-refractivity contribution in [3.05, 3.63) is 17.4 Å². The van der Waals surface area contributed by atoms with E-state index in [9.17, 15) is 4.21 Å². The second kappa shape index (κ2) is 7.15. The second-order valence-electron chi connectivity index (χ2n) is 6.22. The minimum atomic E-state index is -2.60. The van der Waals surface area contributed by atoms with Crippen LogP contribution in [0.3, 0.4) is 0 Å². The van der Waals surface area contributed by atoms with Crippen LogP contribution in [0.25, 0.3) is 11.0 Å². The molecule has 1 saturated heterocycles. The van der Waals surface area contributed by atoms with Gasteiger partial charge >= 0.3 is 0 Å². The van der Waals surface area contributed by atoms with Gasteiger partial charge in [0.1, 0.15) is 16.5 Å². The van der Waals surface area contributed by atoms with Gasteiger partial charge in [0.25, 0.3) is 0 Å². The Kier molecular flexibility index (Phi) is 5.13. The van der Waals surface area contributed by atoms with E-state index in [4.69, 9.17) is 21.6 Å². The van der Waals surface area contributed by atoms with Crippen molar-refractivity contribution in [3.8, 4) is 6.07 Å². The zero-order valence-electron chi connectivity index (χ0n) is 13.9. The minimum Gasteiger partial charge on any atom is -0.384 e. The summed E-state index contributed by atoms with van der Waals surface area (Å²) >= 11 is 6.23. The third-order valence-corrected chi connectivity index (χ3v) is 6.07. The number of fused-ring (bicyclic) bond motifs is 1. The minimum absolute atomic E-state index is 0.0988. The van der Waals surface area contributed by atoms with Gasteiger partial charge in [-0.1, -0.05) is 11.6 Å². The van der Waals surface area contributed by atoms with E-state index in [-0.39, 0.29) is 6.54 Å². The standard InChI is InChI=1S/C15H20ClN7OS/c1-25(18,24)22-7-3-11(4-8-22)10-20-12-2-6-19-15-13(12)14(16)21-23(15)9-5-17/h2,6,11,18H,3-4,7-10H2,1H3,(H,19,20). The van der Waals surface area contributed by atoms with Gasteiger partial charge in [0.15, 0.2) is 10.8 Å². The topological polar surface area (TPSA) is 111 Å². The number of nitrogens with one attached hydrogen (secondary N) is 2. The average molecular weight is 382 g/mol. The fourth-order valence-corrected chi connectivity index (χ4v) is 4.28. The van der Waals surface area contributed by atoms with Crippen LogP contribution in [0.15, 0.2) is 12.3 Å². The molecule has 2 aromatic rings. The van der Waals surface area contributed by atoms with Crippen LogP contribution in [0.1, 0.15) is 12.8 Å². The number of hydrogen-bond donors (Lipinski definition) is 2. The van der Waals surface area contributed by atoms with Crippen LogP contribution in [0.2, 0.25) is 5.15 Å². The fourth-order valence-electron chi connectivity index (χ4n) is 3.09. The van der Waals surface area contributed by atoms with Crippen molar-refractivity contribution in [1.82, 2.24) is 19.1 Å². The largest absolute Gasteiger partial charge is 0.384 e. The summed E-state index contributed by atoms with van der Waals surface area (Å²) in [6, 6.07) is 3.90. The van der Waals surface area contributed by atoms with Crippen molar-refractivity contribution < 1.29 is 4.21 Å². The van der Waals surface area contributed by atoms with Gasteiger partial charge in [0.2, 0.25) is 0 Å². The van der Waals surface area contributed by atoms with E-state index >= 15 is 0 Å². The Bertz CT molecular complexity index is 910. The van der Waals surface area contributed by atoms with E-state index in [0.717, 1.165) is 30.5 Å². The first-order valence-corrected chi connectivity index (χ1v) is 10.3. The van der Waals surface area contributed by atoms with Crippen molar-refractivity contribution in [2.75, 3.05) is 31.2 Å². The zero-order chi connectivity index (χ0) is 18.0. The summed E-state index contributed by atoms with van der Waals surface area (Å²) in [4.78, 5) is 4.28. The average Bonchev–Trinajstić information content (AvgIpc) is 2.90. The molecular formula is C15H20ClN7OS. The second-order valence-corrected chi connectivity index (χ2v) is 8.70. The van der Waals surface area contributed by atoms with Crippen LogP contribution in [0.5, 0.6) is 0 Å². The van der Waals surface area contributed by atoms with Gasteiger partial charge in [-0.15, -0.1) is 0 Å². The first-order chi connectivity index (χ1) is 11.9. The van der Waals surface area contributed by atoms with Crippen LogP contribution in [-0.2, 0) is 16.5 Å². The maximum absolute atomic E-state index is 11.8. The van der Waals surface area contributed by atoms with Crippen molar-refractivity contribution >= 4 is 38.2 Å². The molecule has 3 rings (SSSR count). The lowest BCUT2D eigenvalue weighted by molar-refractivity contribution is 0.291. The number of hydrogen-bond acceptors (Lipinski definition) is 6. The van der Waals surface area contributed by atoms with Gasteiger partial charge < -0.3 is 5.32 Å². The first-order valence-electron chi connectivity index (χ1n) is 8.01. The van der Waals surface area contributed by atoms with E-state index in [1.807, 2.05) is 12.1 Å². The molecule has 0 amide bonds. The van der Waals surface area contributed by atoms with Crippen LogP contribution in [0, 0.1) is 22.0 Å². The van der Waals surface area contributed by atoms with Crippen molar-refractivity contribution in [3.63, 3.8) is 0 Å². The van der Waals surface area contributed by atoms with Gasteiger partial charge in [-0.25, -0.2) is 23.0 Å². The summed E-state index contributed by atoms with van der Waals surface area (Å²) in [7, 11) is -2.60. The first kappa shape index (κ1) is 17.9. The predicted molar refractivity (Wildman–Crippen MR) is 97.7 cm³/mol. The SMILES string of the molecule is CS(=N)(=O)N1CCC(CNc2ccnc3c2c(Cl)nn3CC#N)CC1. The molecular weight excluding hydrogens is 362 g/mol. The van der Waals surface area contributed by atoms with E-state index in [1.165, 1.54) is 10.9 Å². The Morgan fingerprint density at radius 3 is 2.88 bits per heavy atom. The Morgan fingerprint density at radius 1 is 1.52 bits per heavy atom. The Labute approximate surface area is 151 Å². The van der Waals surface area contributed by atoms with Crippen LogP contribution < -0.4 is 5.32 Å². The van der Waals surface area contributed by atoms with Crippen LogP contribution in [-0.4, -0.2) is 49.2 Å². The highest BCUT2D eigenvalue weighted by Crippen LogP contribution is 2.29. The molecule has 2 N–H and O–H groups in total. The lowest BCUT2D eigenvalue weighted by Gasteiger charge is -2.31. The molecule has 3 heterocycles. The molecule has 8 nitrogen and oxygen atoms in total. The lowest BCUT2D eigenvalue weighted by Crippen LogP contribution is -2.38. The van der Waals surface area contributed by atoms with Crippen molar-refractivity contribution in [2.24, 2.45) is 5.92 Å². The van der Waals surface area contributed by atoms with Crippen LogP contribution >= 0.6 is 11.6 Å². The maximum Gasteiger partial charge on any atom is 0.162 e. The molecule has 0 aromatic carbocycles. The van der Waals surface area contributed by atoms with Gasteiger partial charge in [0.05, 0.1) is 11.5 Å². The molecule has 2 aromatic heterocycles. The highest BCUT2D eigenvalue weighted by molar-refractivity contribution is 7.89. The number of halogens is 1. The molecule has 10 heteroatoms. The molecule has 0 spiro atoms. The number of nitriles is 1. The fraction of sp³-hybridized carbons (Fsp3) is 0.533. The molecule has 1 unspecified atom stereocenters. The van der Waals surface area contributed by atoms with Gasteiger partial charge in [-0.05, 0) is 24.8 Å². The van der Waals surface area contributed by atoms with Crippen molar-refractivity contribution in [1.29, 1.82) is 10.0 Å². The lowest BCUT2D eigenvalue weighted by atomic mass is 9.98. The molecule has 0 radical (unpaired) electrons. The van der Waals surface area contributed by atoms with Gasteiger partial charge in [0, 0.05) is 37.8 Å². The molecule has 1 aliphatic rings. The van der Waals surface area contributed by atoms with E-state index < -0.39 is 9.92 Å². The Morgan fingerprint density at radius 2 is 2.24 bits per heavy atom. The monoisotopic (exact) mass is 381 g/mol. The Balaban J connectivity index is 1.69. The zero-order valence-corrected chi connectivity index (χ0v) is 15.5. The summed E-state index contributed by atoms with van der Waals surface area (Å²) in [6.45, 7) is 2.22. The van der Waals surface area contributed by atoms with E-state index in [2.05, 4.69) is 15.4 Å². The summed E-state index contributed by atoms with van der Waals surface area (Å²) in [6.07, 6.45) is 4.93. The van der Waals surface area contributed by atoms with E-state index in [1.54, 1.807) is 10.5 Å². The number of nitrogens with zero attached hydrogens (tertiary/aromatic N) is 5. The molecule has 134 valence electrons. The van der Waals surface area contributed by atoms with Gasteiger partial charge in [-0.2, -0.15) is 10.4 Å². The quantitative estimate of drug-likeness (QED) is 0.825. The predicted octanol–water partition coefficient (Wildman–Crippen LogP) is 2.32. The number of anilines is 1. The highest BCUT2D eigenvalue weighted by Gasteiger charge is 2.23. The number of aromatic nitrogens is 3. The molecule has 0 saturated carbocycles. The normalized spacial score (nSPS) is 18.8.